The third kappa shape index (κ3) is 2.98. The summed E-state index contributed by atoms with van der Waals surface area (Å²) in [6, 6.07) is 1.42. The number of carbonyl (C=O) groups excluding carboxylic acids is 1. The number of nitrogens with one attached hydrogen (secondary N) is 1. The molecule has 1 amide bonds. The van der Waals surface area contributed by atoms with Crippen molar-refractivity contribution in [3.05, 3.63) is 0 Å². The molecule has 0 bridgehead atoms. The van der Waals surface area contributed by atoms with E-state index in [0.29, 0.717) is 12.8 Å². The largest absolute Gasteiger partial charge is 0.393 e. The molecule has 0 aromatic rings. The van der Waals surface area contributed by atoms with Gasteiger partial charge in [0.1, 0.15) is 6.42 Å². The van der Waals surface area contributed by atoms with Crippen LogP contribution in [-0.2, 0) is 4.79 Å². The maximum atomic E-state index is 11.0. The van der Waals surface area contributed by atoms with E-state index in [1.165, 1.54) is 0 Å². The van der Waals surface area contributed by atoms with Gasteiger partial charge in [-0.15, -0.1) is 0 Å². The van der Waals surface area contributed by atoms with Crippen LogP contribution in [0.3, 0.4) is 0 Å². The number of nitriles is 1. The minimum Gasteiger partial charge on any atom is -0.393 e. The van der Waals surface area contributed by atoms with Crippen molar-refractivity contribution in [2.75, 3.05) is 0 Å². The summed E-state index contributed by atoms with van der Waals surface area (Å²) in [5.74, 6) is -0.368. The monoisotopic (exact) mass is 198 g/mol. The minimum absolute atomic E-state index is 0.189. The van der Waals surface area contributed by atoms with Gasteiger partial charge in [0.05, 0.1) is 24.3 Å². The molecule has 0 aromatic carbocycles. The van der Waals surface area contributed by atoms with Crippen LogP contribution in [0.1, 0.15) is 25.7 Å². The summed E-state index contributed by atoms with van der Waals surface area (Å²) in [7, 11) is 0. The van der Waals surface area contributed by atoms with Gasteiger partial charge in [0.15, 0.2) is 0 Å². The Bertz CT molecular complexity index is 249. The van der Waals surface area contributed by atoms with Gasteiger partial charge >= 0.3 is 0 Å². The minimum atomic E-state index is -0.707. The van der Waals surface area contributed by atoms with Crippen LogP contribution in [0.2, 0.25) is 0 Å². The van der Waals surface area contributed by atoms with Gasteiger partial charge in [-0.3, -0.25) is 4.79 Å². The van der Waals surface area contributed by atoms with E-state index >= 15 is 0 Å². The number of nitrogens with zero attached hydrogens (tertiary/aromatic N) is 1. The van der Waals surface area contributed by atoms with Crippen molar-refractivity contribution in [2.45, 2.75) is 43.9 Å². The molecule has 0 radical (unpaired) electrons. The van der Waals surface area contributed by atoms with Crippen LogP contribution >= 0.6 is 0 Å². The zero-order chi connectivity index (χ0) is 10.6. The van der Waals surface area contributed by atoms with Crippen molar-refractivity contribution < 1.29 is 15.0 Å². The number of rotatable bonds is 2. The van der Waals surface area contributed by atoms with Gasteiger partial charge in [0.2, 0.25) is 5.91 Å². The van der Waals surface area contributed by atoms with Crippen LogP contribution in [0, 0.1) is 11.3 Å². The molecule has 0 aromatic heterocycles. The molecular formula is C9H14N2O3. The molecule has 5 nitrogen and oxygen atoms in total. The molecule has 78 valence electrons. The average Bonchev–Trinajstić information content (AvgIpc) is 2.10. The Labute approximate surface area is 82.3 Å². The molecule has 1 fully saturated rings. The second-order valence-corrected chi connectivity index (χ2v) is 3.54. The van der Waals surface area contributed by atoms with E-state index in [1.807, 2.05) is 0 Å². The van der Waals surface area contributed by atoms with Gasteiger partial charge in [-0.25, -0.2) is 0 Å². The van der Waals surface area contributed by atoms with Crippen LogP contribution < -0.4 is 5.32 Å². The molecule has 1 rings (SSSR count). The van der Waals surface area contributed by atoms with E-state index in [4.69, 9.17) is 5.26 Å². The highest BCUT2D eigenvalue weighted by Crippen LogP contribution is 2.19. The van der Waals surface area contributed by atoms with E-state index < -0.39 is 12.2 Å². The fraction of sp³-hybridized carbons (Fsp3) is 0.778. The number of hydrogen-bond acceptors (Lipinski definition) is 4. The van der Waals surface area contributed by atoms with E-state index in [0.717, 1.165) is 0 Å². The third-order valence-corrected chi connectivity index (χ3v) is 2.37. The van der Waals surface area contributed by atoms with Gasteiger partial charge in [0, 0.05) is 6.42 Å². The van der Waals surface area contributed by atoms with Crippen LogP contribution in [0.15, 0.2) is 0 Å². The second kappa shape index (κ2) is 4.94. The highest BCUT2D eigenvalue weighted by molar-refractivity contribution is 5.78. The van der Waals surface area contributed by atoms with Crippen LogP contribution in [0.25, 0.3) is 0 Å². The SMILES string of the molecule is N#CCC(=O)NC1CCC(O)CC1O. The maximum absolute atomic E-state index is 11.0. The first-order valence-corrected chi connectivity index (χ1v) is 4.66. The lowest BCUT2D eigenvalue weighted by atomic mass is 9.90. The highest BCUT2D eigenvalue weighted by atomic mass is 16.3. The predicted molar refractivity (Wildman–Crippen MR) is 48.0 cm³/mol. The average molecular weight is 198 g/mol. The summed E-state index contributed by atoms with van der Waals surface area (Å²) in [4.78, 5) is 11.0. The van der Waals surface area contributed by atoms with Crippen molar-refractivity contribution in [1.29, 1.82) is 5.26 Å². The summed E-state index contributed by atoms with van der Waals surface area (Å²) in [5.41, 5.74) is 0. The van der Waals surface area contributed by atoms with E-state index in [-0.39, 0.29) is 24.8 Å². The van der Waals surface area contributed by atoms with Gasteiger partial charge in [-0.1, -0.05) is 0 Å². The molecule has 1 aliphatic carbocycles. The highest BCUT2D eigenvalue weighted by Gasteiger charge is 2.28. The van der Waals surface area contributed by atoms with Gasteiger partial charge in [-0.05, 0) is 12.8 Å². The first-order chi connectivity index (χ1) is 6.63. The Hall–Kier alpha value is -1.12. The molecule has 0 heterocycles. The molecule has 3 atom stereocenters. The quantitative estimate of drug-likeness (QED) is 0.546. The first kappa shape index (κ1) is 11.0. The lowest BCUT2D eigenvalue weighted by Crippen LogP contribution is -2.47. The zero-order valence-corrected chi connectivity index (χ0v) is 7.81. The summed E-state index contributed by atoms with van der Waals surface area (Å²) < 4.78 is 0. The fourth-order valence-electron chi connectivity index (χ4n) is 1.62. The lowest BCUT2D eigenvalue weighted by molar-refractivity contribution is -0.122. The van der Waals surface area contributed by atoms with Gasteiger partial charge in [0.25, 0.3) is 0 Å². The molecule has 1 saturated carbocycles. The summed E-state index contributed by atoms with van der Waals surface area (Å²) in [6.45, 7) is 0. The predicted octanol–water partition coefficient (Wildman–Crippen LogP) is -0.709. The van der Waals surface area contributed by atoms with Crippen molar-refractivity contribution in [3.63, 3.8) is 0 Å². The summed E-state index contributed by atoms with van der Waals surface area (Å²) in [6.07, 6.45) is 0.0488. The number of amides is 1. The topological polar surface area (TPSA) is 93.4 Å². The molecular weight excluding hydrogens is 184 g/mol. The van der Waals surface area contributed by atoms with E-state index in [1.54, 1.807) is 6.07 Å². The van der Waals surface area contributed by atoms with Crippen molar-refractivity contribution in [3.8, 4) is 6.07 Å². The fourth-order valence-corrected chi connectivity index (χ4v) is 1.62. The van der Waals surface area contributed by atoms with Crippen molar-refractivity contribution in [2.24, 2.45) is 0 Å². The summed E-state index contributed by atoms with van der Waals surface area (Å²) >= 11 is 0. The Kier molecular flexibility index (Phi) is 3.86. The van der Waals surface area contributed by atoms with Crippen LogP contribution in [0.4, 0.5) is 0 Å². The number of hydrogen-bond donors (Lipinski definition) is 3. The lowest BCUT2D eigenvalue weighted by Gasteiger charge is -2.30. The van der Waals surface area contributed by atoms with Gasteiger partial charge < -0.3 is 15.5 Å². The molecule has 0 aliphatic heterocycles. The Morgan fingerprint density at radius 3 is 2.79 bits per heavy atom. The smallest absolute Gasteiger partial charge is 0.234 e. The first-order valence-electron chi connectivity index (χ1n) is 4.66. The van der Waals surface area contributed by atoms with Gasteiger partial charge in [-0.2, -0.15) is 5.26 Å². The van der Waals surface area contributed by atoms with Crippen molar-refractivity contribution in [1.82, 2.24) is 5.32 Å². The van der Waals surface area contributed by atoms with E-state index in [9.17, 15) is 15.0 Å². The number of aliphatic hydroxyl groups excluding tert-OH is 2. The number of carbonyl (C=O) groups is 1. The van der Waals surface area contributed by atoms with Crippen LogP contribution in [0.5, 0.6) is 0 Å². The zero-order valence-electron chi connectivity index (χ0n) is 7.81. The Morgan fingerprint density at radius 2 is 2.21 bits per heavy atom. The van der Waals surface area contributed by atoms with E-state index in [2.05, 4.69) is 5.32 Å². The Morgan fingerprint density at radius 1 is 1.50 bits per heavy atom. The summed E-state index contributed by atoms with van der Waals surface area (Å²) in [5, 5.41) is 29.5. The number of aliphatic hydroxyl groups is 2. The maximum Gasteiger partial charge on any atom is 0.234 e. The normalized spacial score (nSPS) is 31.9. The molecule has 1 aliphatic rings. The third-order valence-electron chi connectivity index (χ3n) is 2.37. The molecule has 0 spiro atoms. The standard InChI is InChI=1S/C9H14N2O3/c10-4-3-9(14)11-7-2-1-6(12)5-8(7)13/h6-8,12-13H,1-3,5H2,(H,11,14). The second-order valence-electron chi connectivity index (χ2n) is 3.54. The molecule has 3 N–H and O–H groups in total. The molecule has 5 heteroatoms. The molecule has 14 heavy (non-hydrogen) atoms. The Balaban J connectivity index is 2.38. The molecule has 3 unspecified atom stereocenters. The van der Waals surface area contributed by atoms with Crippen LogP contribution in [-0.4, -0.2) is 34.4 Å². The van der Waals surface area contributed by atoms with Crippen molar-refractivity contribution >= 4 is 5.91 Å². The molecule has 0 saturated heterocycles.